The Bertz CT molecular complexity index is 1160. The fourth-order valence-electron chi connectivity index (χ4n) is 4.78. The van der Waals surface area contributed by atoms with Crippen LogP contribution >= 0.6 is 23.2 Å². The van der Waals surface area contributed by atoms with Crippen LogP contribution in [-0.4, -0.2) is 58.9 Å². The summed E-state index contributed by atoms with van der Waals surface area (Å²) in [5.41, 5.74) is 10.6. The molecule has 3 heterocycles. The molecule has 2 aliphatic heterocycles. The number of anilines is 1. The lowest BCUT2D eigenvalue weighted by Gasteiger charge is -2.32. The van der Waals surface area contributed by atoms with Gasteiger partial charge in [-0.3, -0.25) is 9.67 Å². The molecule has 0 radical (unpaired) electrons. The molecule has 2 aromatic rings. The highest BCUT2D eigenvalue weighted by atomic mass is 35.5. The van der Waals surface area contributed by atoms with E-state index in [0.29, 0.717) is 34.8 Å². The number of aliphatic imine (C=N–C) groups is 1. The van der Waals surface area contributed by atoms with Crippen LogP contribution in [0, 0.1) is 5.92 Å². The van der Waals surface area contributed by atoms with Crippen LogP contribution in [-0.2, 0) is 11.8 Å². The highest BCUT2D eigenvalue weighted by Gasteiger charge is 2.34. The van der Waals surface area contributed by atoms with Gasteiger partial charge in [-0.05, 0) is 49.3 Å². The smallest absolute Gasteiger partial charge is 0.188 e. The van der Waals surface area contributed by atoms with Gasteiger partial charge >= 0.3 is 0 Å². The Morgan fingerprint density at radius 1 is 1.21 bits per heavy atom. The van der Waals surface area contributed by atoms with Crippen molar-refractivity contribution in [1.29, 1.82) is 0 Å². The maximum atomic E-state index is 8.96. The Balaban J connectivity index is 1.25. The number of aromatic nitrogens is 2. The summed E-state index contributed by atoms with van der Waals surface area (Å²) in [4.78, 5) is 7.04. The first kappa shape index (κ1) is 23.2. The van der Waals surface area contributed by atoms with Gasteiger partial charge in [0.15, 0.2) is 11.7 Å². The zero-order valence-electron chi connectivity index (χ0n) is 19.0. The Labute approximate surface area is 208 Å². The minimum Gasteiger partial charge on any atom is -0.409 e. The molecule has 0 amide bonds. The van der Waals surface area contributed by atoms with E-state index in [-0.39, 0.29) is 11.9 Å². The van der Waals surface area contributed by atoms with Gasteiger partial charge in [-0.15, -0.1) is 0 Å². The first-order chi connectivity index (χ1) is 16.5. The van der Waals surface area contributed by atoms with Crippen molar-refractivity contribution in [2.24, 2.45) is 28.8 Å². The largest absolute Gasteiger partial charge is 0.409 e. The van der Waals surface area contributed by atoms with Crippen LogP contribution in [0.1, 0.15) is 36.9 Å². The zero-order chi connectivity index (χ0) is 23.8. The van der Waals surface area contributed by atoms with E-state index in [0.717, 1.165) is 48.6 Å². The number of benzene rings is 1. The molecule has 2 fully saturated rings. The fourth-order valence-corrected chi connectivity index (χ4v) is 5.36. The van der Waals surface area contributed by atoms with Gasteiger partial charge in [0.25, 0.3) is 0 Å². The van der Waals surface area contributed by atoms with E-state index >= 15 is 0 Å². The summed E-state index contributed by atoms with van der Waals surface area (Å²) in [5.74, 6) is 1.47. The summed E-state index contributed by atoms with van der Waals surface area (Å²) in [6, 6.07) is 7.42. The minimum atomic E-state index is 0.0480. The summed E-state index contributed by atoms with van der Waals surface area (Å²) >= 11 is 13.0. The molecule has 1 aliphatic carbocycles. The third-order valence-corrected chi connectivity index (χ3v) is 7.45. The number of aryl methyl sites for hydroxylation is 1. The normalized spacial score (nSPS) is 19.8. The maximum absolute atomic E-state index is 8.96. The van der Waals surface area contributed by atoms with E-state index in [1.54, 1.807) is 11.7 Å². The molecule has 34 heavy (non-hydrogen) atoms. The van der Waals surface area contributed by atoms with Gasteiger partial charge in [-0.1, -0.05) is 34.4 Å². The molecule has 1 saturated heterocycles. The van der Waals surface area contributed by atoms with Crippen LogP contribution in [0.3, 0.4) is 0 Å². The van der Waals surface area contributed by atoms with Crippen molar-refractivity contribution in [1.82, 2.24) is 9.78 Å². The molecule has 5 rings (SSSR count). The summed E-state index contributed by atoms with van der Waals surface area (Å²) < 4.78 is 8.05. The number of rotatable bonds is 7. The number of piperidine rings is 1. The van der Waals surface area contributed by atoms with E-state index in [9.17, 15) is 0 Å². The van der Waals surface area contributed by atoms with Crippen LogP contribution in [0.2, 0.25) is 10.0 Å². The Kier molecular flexibility index (Phi) is 6.55. The van der Waals surface area contributed by atoms with E-state index in [2.05, 4.69) is 15.2 Å². The summed E-state index contributed by atoms with van der Waals surface area (Å²) in [6.07, 6.45) is 4.36. The van der Waals surface area contributed by atoms with E-state index in [1.807, 2.05) is 24.3 Å². The molecule has 0 atom stereocenters. The molecule has 1 aromatic carbocycles. The number of hydrogen-bond donors (Lipinski definition) is 2. The number of nitrogens with two attached hydrogens (primary N) is 1. The number of ether oxygens (including phenoxy) is 1. The van der Waals surface area contributed by atoms with Gasteiger partial charge in [-0.2, -0.15) is 5.10 Å². The minimum absolute atomic E-state index is 0.0480. The zero-order valence-corrected chi connectivity index (χ0v) is 20.6. The van der Waals surface area contributed by atoms with Gasteiger partial charge in [0.2, 0.25) is 0 Å². The maximum Gasteiger partial charge on any atom is 0.188 e. The number of hydrogen-bond acceptors (Lipinski definition) is 6. The van der Waals surface area contributed by atoms with E-state index in [1.165, 1.54) is 18.4 Å². The van der Waals surface area contributed by atoms with Gasteiger partial charge in [-0.25, -0.2) is 0 Å². The number of halogens is 2. The molecule has 0 unspecified atom stereocenters. The summed E-state index contributed by atoms with van der Waals surface area (Å²) in [7, 11) is 1.78. The van der Waals surface area contributed by atoms with Crippen molar-refractivity contribution in [3.8, 4) is 0 Å². The SMILES string of the molecule is Cn1nc(N2CCC(OCC3=C(C4CC4)CN=C3c3c(Cl)cccc3Cl)CC2)cc1/C(N)=N/O. The van der Waals surface area contributed by atoms with Crippen molar-refractivity contribution in [3.05, 3.63) is 56.7 Å². The van der Waals surface area contributed by atoms with E-state index in [4.69, 9.17) is 43.9 Å². The molecule has 1 aromatic heterocycles. The Hall–Kier alpha value is -2.55. The molecule has 180 valence electrons. The van der Waals surface area contributed by atoms with Crippen LogP contribution in [0.5, 0.6) is 0 Å². The fraction of sp³-hybridized carbons (Fsp3) is 0.458. The van der Waals surface area contributed by atoms with Crippen molar-refractivity contribution >= 4 is 40.6 Å². The highest BCUT2D eigenvalue weighted by Crippen LogP contribution is 2.42. The second-order valence-corrected chi connectivity index (χ2v) is 9.85. The van der Waals surface area contributed by atoms with E-state index < -0.39 is 0 Å². The second-order valence-electron chi connectivity index (χ2n) is 9.03. The quantitative estimate of drug-likeness (QED) is 0.257. The number of nitrogens with zero attached hydrogens (tertiary/aromatic N) is 5. The van der Waals surface area contributed by atoms with Crippen molar-refractivity contribution in [2.45, 2.75) is 31.8 Å². The van der Waals surface area contributed by atoms with Gasteiger partial charge < -0.3 is 20.6 Å². The van der Waals surface area contributed by atoms with Gasteiger partial charge in [0.1, 0.15) is 5.69 Å². The van der Waals surface area contributed by atoms with Crippen LogP contribution in [0.15, 0.2) is 45.6 Å². The lowest BCUT2D eigenvalue weighted by molar-refractivity contribution is 0.0536. The summed E-state index contributed by atoms with van der Waals surface area (Å²) in [5, 5.41) is 17.8. The molecule has 0 bridgehead atoms. The second kappa shape index (κ2) is 9.60. The first-order valence-electron chi connectivity index (χ1n) is 11.6. The average molecular weight is 503 g/mol. The first-order valence-corrected chi connectivity index (χ1v) is 12.3. The van der Waals surface area contributed by atoms with Crippen LogP contribution in [0.25, 0.3) is 0 Å². The molecule has 10 heteroatoms. The molecule has 3 aliphatic rings. The molecule has 1 saturated carbocycles. The third-order valence-electron chi connectivity index (χ3n) is 6.82. The summed E-state index contributed by atoms with van der Waals surface area (Å²) in [6.45, 7) is 2.88. The monoisotopic (exact) mass is 502 g/mol. The highest BCUT2D eigenvalue weighted by molar-refractivity contribution is 6.41. The Morgan fingerprint density at radius 2 is 1.91 bits per heavy atom. The lowest BCUT2D eigenvalue weighted by atomic mass is 9.98. The predicted molar refractivity (Wildman–Crippen MR) is 135 cm³/mol. The van der Waals surface area contributed by atoms with Crippen LogP contribution in [0.4, 0.5) is 5.82 Å². The van der Waals surface area contributed by atoms with Crippen LogP contribution < -0.4 is 10.6 Å². The van der Waals surface area contributed by atoms with Gasteiger partial charge in [0, 0.05) is 37.3 Å². The topological polar surface area (TPSA) is 101 Å². The molecule has 3 N–H and O–H groups in total. The molecular weight excluding hydrogens is 475 g/mol. The lowest BCUT2D eigenvalue weighted by Crippen LogP contribution is -2.37. The van der Waals surface area contributed by atoms with Crippen molar-refractivity contribution in [3.63, 3.8) is 0 Å². The third kappa shape index (κ3) is 4.54. The number of amidine groups is 1. The molecule has 0 spiro atoms. The average Bonchev–Trinajstić information content (AvgIpc) is 3.48. The Morgan fingerprint density at radius 3 is 2.56 bits per heavy atom. The number of oxime groups is 1. The van der Waals surface area contributed by atoms with Crippen molar-refractivity contribution in [2.75, 3.05) is 31.1 Å². The predicted octanol–water partition coefficient (Wildman–Crippen LogP) is 4.02. The van der Waals surface area contributed by atoms with Gasteiger partial charge in [0.05, 0.1) is 35.0 Å². The standard InChI is InChI=1S/C24H28Cl2N6O2/c1-31-20(24(27)30-33)11-21(29-31)32-9-7-15(8-10-32)34-13-17-16(14-5-6-14)12-28-23(17)22-18(25)3-2-4-19(22)26/h2-4,11,14-15,33H,5-10,12-13H2,1H3,(H2,27,30). The molecular formula is C24H28Cl2N6O2. The molecule has 8 nitrogen and oxygen atoms in total. The van der Waals surface area contributed by atoms with Crippen molar-refractivity contribution < 1.29 is 9.94 Å².